The molecule has 1 aliphatic carbocycles. The number of hydrogen-bond acceptors (Lipinski definition) is 3. The maximum atomic E-state index is 13.8. The van der Waals surface area contributed by atoms with E-state index in [-0.39, 0.29) is 31.0 Å². The van der Waals surface area contributed by atoms with Gasteiger partial charge in [-0.05, 0) is 76.1 Å². The maximum Gasteiger partial charge on any atom is 0.261 e. The highest BCUT2D eigenvalue weighted by molar-refractivity contribution is 9.10. The number of nitrogens with zero attached hydrogens (tertiary/aromatic N) is 1. The summed E-state index contributed by atoms with van der Waals surface area (Å²) < 4.78 is 6.76. The molecule has 1 N–H and O–H groups in total. The first kappa shape index (κ1) is 28.2. The van der Waals surface area contributed by atoms with E-state index < -0.39 is 6.04 Å². The van der Waals surface area contributed by atoms with E-state index in [2.05, 4.69) is 28.2 Å². The predicted molar refractivity (Wildman–Crippen MR) is 155 cm³/mol. The number of nitrogens with one attached hydrogen (secondary N) is 1. The molecule has 0 heterocycles. The van der Waals surface area contributed by atoms with Crippen molar-refractivity contribution in [2.75, 3.05) is 6.61 Å². The molecule has 3 aromatic rings. The van der Waals surface area contributed by atoms with Gasteiger partial charge in [-0.25, -0.2) is 0 Å². The Kier molecular flexibility index (Phi) is 10.2. The van der Waals surface area contributed by atoms with Crippen LogP contribution in [0.3, 0.4) is 0 Å². The summed E-state index contributed by atoms with van der Waals surface area (Å²) in [6.45, 7) is 2.14. The molecule has 1 fully saturated rings. The highest BCUT2D eigenvalue weighted by Gasteiger charge is 2.32. The Morgan fingerprint density at radius 1 is 1.00 bits per heavy atom. The normalized spacial score (nSPS) is 14.2. The number of halogens is 2. The third kappa shape index (κ3) is 7.84. The molecule has 0 bridgehead atoms. The van der Waals surface area contributed by atoms with Crippen LogP contribution >= 0.6 is 27.5 Å². The lowest BCUT2D eigenvalue weighted by molar-refractivity contribution is -0.143. The van der Waals surface area contributed by atoms with Crippen LogP contribution in [-0.2, 0) is 29.0 Å². The second-order valence-corrected chi connectivity index (χ2v) is 11.0. The number of aryl methyl sites for hydroxylation is 1. The van der Waals surface area contributed by atoms with E-state index in [0.29, 0.717) is 17.2 Å². The number of ether oxygens (including phenoxy) is 1. The van der Waals surface area contributed by atoms with Crippen LogP contribution in [0.2, 0.25) is 5.02 Å². The maximum absolute atomic E-state index is 13.8. The van der Waals surface area contributed by atoms with E-state index in [9.17, 15) is 9.59 Å². The smallest absolute Gasteiger partial charge is 0.261 e. The third-order valence-electron chi connectivity index (χ3n) is 6.97. The SMILES string of the molecule is CCc1ccc(OCC(=O)N(Cc2cccc(Cl)c2)[C@H](Cc2ccccc2)C(=O)NC2CCCC2)c(Br)c1. The zero-order chi connectivity index (χ0) is 26.9. The van der Waals surface area contributed by atoms with Gasteiger partial charge in [0.15, 0.2) is 6.61 Å². The molecular formula is C31H34BrClN2O3. The minimum Gasteiger partial charge on any atom is -0.483 e. The van der Waals surface area contributed by atoms with Gasteiger partial charge >= 0.3 is 0 Å². The van der Waals surface area contributed by atoms with Gasteiger partial charge in [-0.15, -0.1) is 0 Å². The first-order valence-corrected chi connectivity index (χ1v) is 14.4. The molecule has 0 aromatic heterocycles. The lowest BCUT2D eigenvalue weighted by Gasteiger charge is -2.32. The first-order chi connectivity index (χ1) is 18.4. The molecular weight excluding hydrogens is 564 g/mol. The standard InChI is InChI=1S/C31H34BrClN2O3/c1-2-22-15-16-29(27(32)18-22)38-21-30(36)35(20-24-11-8-12-25(33)17-24)28(19-23-9-4-3-5-10-23)31(37)34-26-13-6-7-14-26/h3-5,8-12,15-18,26,28H,2,6-7,13-14,19-21H2,1H3,(H,34,37)/t28-/m1/s1. The molecule has 0 aliphatic heterocycles. The van der Waals surface area contributed by atoms with Crippen LogP contribution in [-0.4, -0.2) is 35.4 Å². The predicted octanol–water partition coefficient (Wildman–Crippen LogP) is 6.74. The van der Waals surface area contributed by atoms with Gasteiger partial charge in [0.1, 0.15) is 11.8 Å². The molecule has 1 saturated carbocycles. The second kappa shape index (κ2) is 13.8. The summed E-state index contributed by atoms with van der Waals surface area (Å²) in [6, 6.07) is 22.5. The summed E-state index contributed by atoms with van der Waals surface area (Å²) in [5, 5.41) is 3.80. The molecule has 3 aromatic carbocycles. The van der Waals surface area contributed by atoms with Crippen LogP contribution < -0.4 is 10.1 Å². The third-order valence-corrected chi connectivity index (χ3v) is 7.83. The van der Waals surface area contributed by atoms with Crippen LogP contribution in [0.4, 0.5) is 0 Å². The van der Waals surface area contributed by atoms with Crippen LogP contribution in [0.5, 0.6) is 5.75 Å². The molecule has 0 spiro atoms. The zero-order valence-electron chi connectivity index (χ0n) is 21.7. The highest BCUT2D eigenvalue weighted by atomic mass is 79.9. The lowest BCUT2D eigenvalue weighted by Crippen LogP contribution is -2.53. The summed E-state index contributed by atoms with van der Waals surface area (Å²) in [4.78, 5) is 29.1. The van der Waals surface area contributed by atoms with E-state index in [1.807, 2.05) is 66.7 Å². The minimum atomic E-state index is -0.695. The Bertz CT molecular complexity index is 1230. The van der Waals surface area contributed by atoms with E-state index in [1.165, 1.54) is 5.56 Å². The number of hydrogen-bond donors (Lipinski definition) is 1. The van der Waals surface area contributed by atoms with Gasteiger partial charge in [0.05, 0.1) is 4.47 Å². The molecule has 5 nitrogen and oxygen atoms in total. The zero-order valence-corrected chi connectivity index (χ0v) is 24.0. The van der Waals surface area contributed by atoms with E-state index >= 15 is 0 Å². The van der Waals surface area contributed by atoms with E-state index in [4.69, 9.17) is 16.3 Å². The summed E-state index contributed by atoms with van der Waals surface area (Å²) in [7, 11) is 0. The van der Waals surface area contributed by atoms with E-state index in [0.717, 1.165) is 47.7 Å². The Morgan fingerprint density at radius 3 is 2.42 bits per heavy atom. The molecule has 7 heteroatoms. The van der Waals surface area contributed by atoms with Crippen LogP contribution in [0.15, 0.2) is 77.3 Å². The molecule has 1 aliphatic rings. The van der Waals surface area contributed by atoms with Crippen molar-refractivity contribution in [3.63, 3.8) is 0 Å². The molecule has 1 atom stereocenters. The van der Waals surface area contributed by atoms with Crippen LogP contribution in [0.25, 0.3) is 0 Å². The topological polar surface area (TPSA) is 58.6 Å². The van der Waals surface area contributed by atoms with Crippen LogP contribution in [0.1, 0.15) is 49.3 Å². The molecule has 0 radical (unpaired) electrons. The Labute approximate surface area is 238 Å². The number of benzene rings is 3. The van der Waals surface area contributed by atoms with Gasteiger partial charge in [0, 0.05) is 24.0 Å². The fraction of sp³-hybridized carbons (Fsp3) is 0.355. The van der Waals surface area contributed by atoms with Crippen molar-refractivity contribution in [3.05, 3.63) is 99.0 Å². The van der Waals surface area contributed by atoms with E-state index in [1.54, 1.807) is 11.0 Å². The van der Waals surface area contributed by atoms with Crippen LogP contribution in [0, 0.1) is 0 Å². The molecule has 38 heavy (non-hydrogen) atoms. The van der Waals surface area contributed by atoms with Gasteiger partial charge in [0.25, 0.3) is 5.91 Å². The summed E-state index contributed by atoms with van der Waals surface area (Å²) in [5.41, 5.74) is 3.01. The van der Waals surface area contributed by atoms with Gasteiger partial charge < -0.3 is 15.0 Å². The average molecular weight is 598 g/mol. The second-order valence-electron chi connectivity index (χ2n) is 9.75. The van der Waals surface area contributed by atoms with Gasteiger partial charge in [-0.3, -0.25) is 9.59 Å². The first-order valence-electron chi connectivity index (χ1n) is 13.2. The summed E-state index contributed by atoms with van der Waals surface area (Å²) in [6.07, 6.45) is 5.47. The van der Waals surface area contributed by atoms with Crippen molar-refractivity contribution in [1.82, 2.24) is 10.2 Å². The fourth-order valence-electron chi connectivity index (χ4n) is 4.86. The number of carbonyl (C=O) groups excluding carboxylic acids is 2. The molecule has 200 valence electrons. The molecule has 2 amide bonds. The van der Waals surface area contributed by atoms with Gasteiger partial charge in [-0.2, -0.15) is 0 Å². The van der Waals surface area contributed by atoms with Crippen molar-refractivity contribution in [1.29, 1.82) is 0 Å². The van der Waals surface area contributed by atoms with Crippen molar-refractivity contribution in [3.8, 4) is 5.75 Å². The molecule has 4 rings (SSSR count). The average Bonchev–Trinajstić information content (AvgIpc) is 3.43. The Morgan fingerprint density at radius 2 is 1.74 bits per heavy atom. The van der Waals surface area contributed by atoms with Crippen molar-refractivity contribution < 1.29 is 14.3 Å². The summed E-state index contributed by atoms with van der Waals surface area (Å²) >= 11 is 9.82. The summed E-state index contributed by atoms with van der Waals surface area (Å²) in [5.74, 6) is 0.192. The number of rotatable bonds is 11. The van der Waals surface area contributed by atoms with Gasteiger partial charge in [-0.1, -0.05) is 79.9 Å². The fourth-order valence-corrected chi connectivity index (χ4v) is 5.61. The Hall–Kier alpha value is -2.83. The largest absolute Gasteiger partial charge is 0.483 e. The number of carbonyl (C=O) groups is 2. The molecule has 0 saturated heterocycles. The van der Waals surface area contributed by atoms with Crippen molar-refractivity contribution >= 4 is 39.3 Å². The van der Waals surface area contributed by atoms with Crippen molar-refractivity contribution in [2.45, 2.75) is 64.1 Å². The Balaban J connectivity index is 1.61. The van der Waals surface area contributed by atoms with Gasteiger partial charge in [0.2, 0.25) is 5.91 Å². The quantitative estimate of drug-likeness (QED) is 0.266. The minimum absolute atomic E-state index is 0.135. The monoisotopic (exact) mass is 596 g/mol. The highest BCUT2D eigenvalue weighted by Crippen LogP contribution is 2.27. The lowest BCUT2D eigenvalue weighted by atomic mass is 10.0. The molecule has 0 unspecified atom stereocenters. The number of amides is 2. The van der Waals surface area contributed by atoms with Crippen molar-refractivity contribution in [2.24, 2.45) is 0 Å².